The van der Waals surface area contributed by atoms with Gasteiger partial charge in [0.1, 0.15) is 5.52 Å². The molecule has 4 rings (SSSR count). The Kier molecular flexibility index (Phi) is 3.38. The molecule has 0 spiro atoms. The van der Waals surface area contributed by atoms with Crippen molar-refractivity contribution < 1.29 is 4.74 Å². The van der Waals surface area contributed by atoms with Gasteiger partial charge in [0.2, 0.25) is 0 Å². The Morgan fingerprint density at radius 3 is 2.83 bits per heavy atom. The van der Waals surface area contributed by atoms with Gasteiger partial charge in [-0.05, 0) is 30.7 Å². The molecule has 3 heterocycles. The summed E-state index contributed by atoms with van der Waals surface area (Å²) in [6, 6.07) is 6.26. The summed E-state index contributed by atoms with van der Waals surface area (Å²) in [7, 11) is 0. The second-order valence-electron chi connectivity index (χ2n) is 5.80. The van der Waals surface area contributed by atoms with Gasteiger partial charge in [-0.3, -0.25) is 4.98 Å². The van der Waals surface area contributed by atoms with E-state index in [-0.39, 0.29) is 0 Å². The normalized spacial score (nSPS) is 15.3. The van der Waals surface area contributed by atoms with Gasteiger partial charge in [-0.1, -0.05) is 0 Å². The Morgan fingerprint density at radius 2 is 2.00 bits per heavy atom. The van der Waals surface area contributed by atoms with Crippen molar-refractivity contribution in [2.75, 3.05) is 36.9 Å². The van der Waals surface area contributed by atoms with Gasteiger partial charge in [-0.25, -0.2) is 4.98 Å². The maximum absolute atomic E-state index is 5.93. The molecule has 0 atom stereocenters. The van der Waals surface area contributed by atoms with Crippen LogP contribution in [0.4, 0.5) is 11.4 Å². The fraction of sp³-hybridized carbons (Fsp3) is 0.294. The van der Waals surface area contributed by atoms with E-state index in [0.29, 0.717) is 5.69 Å². The number of hydrogen-bond donors (Lipinski definition) is 2. The van der Waals surface area contributed by atoms with Crippen molar-refractivity contribution in [2.45, 2.75) is 6.92 Å². The summed E-state index contributed by atoms with van der Waals surface area (Å²) in [5.74, 6) is 0. The van der Waals surface area contributed by atoms with Crippen LogP contribution in [0.15, 0.2) is 30.7 Å². The molecule has 6 nitrogen and oxygen atoms in total. The van der Waals surface area contributed by atoms with Crippen LogP contribution in [0.3, 0.4) is 0 Å². The first-order valence-corrected chi connectivity index (χ1v) is 7.75. The molecular formula is C17H19N5O. The largest absolute Gasteiger partial charge is 0.397 e. The molecule has 1 aromatic carbocycles. The van der Waals surface area contributed by atoms with Crippen LogP contribution in [0.2, 0.25) is 0 Å². The highest BCUT2D eigenvalue weighted by Crippen LogP contribution is 2.33. The lowest BCUT2D eigenvalue weighted by molar-refractivity contribution is 0.123. The number of imidazole rings is 1. The lowest BCUT2D eigenvalue weighted by Crippen LogP contribution is -2.36. The first-order valence-electron chi connectivity index (χ1n) is 7.75. The number of aryl methyl sites for hydroxylation is 1. The van der Waals surface area contributed by atoms with Crippen LogP contribution in [0, 0.1) is 6.92 Å². The summed E-state index contributed by atoms with van der Waals surface area (Å²) in [6.45, 7) is 5.24. The Hall–Kier alpha value is -2.60. The minimum atomic E-state index is 0.670. The summed E-state index contributed by atoms with van der Waals surface area (Å²) in [5, 5.41) is 0. The zero-order chi connectivity index (χ0) is 15.8. The third kappa shape index (κ3) is 2.51. The van der Waals surface area contributed by atoms with Crippen molar-refractivity contribution in [3.05, 3.63) is 36.4 Å². The van der Waals surface area contributed by atoms with Crippen LogP contribution >= 0.6 is 0 Å². The number of ether oxygens (including phenoxy) is 1. The van der Waals surface area contributed by atoms with Gasteiger partial charge in [-0.15, -0.1) is 0 Å². The zero-order valence-corrected chi connectivity index (χ0v) is 13.0. The second kappa shape index (κ2) is 5.55. The quantitative estimate of drug-likeness (QED) is 0.759. The first kappa shape index (κ1) is 14.0. The Bertz CT molecular complexity index is 851. The molecule has 1 fully saturated rings. The van der Waals surface area contributed by atoms with Crippen molar-refractivity contribution >= 4 is 22.4 Å². The van der Waals surface area contributed by atoms with Gasteiger partial charge in [0.05, 0.1) is 42.6 Å². The van der Waals surface area contributed by atoms with Crippen molar-refractivity contribution in [3.8, 4) is 11.1 Å². The van der Waals surface area contributed by atoms with Gasteiger partial charge in [-0.2, -0.15) is 0 Å². The minimum absolute atomic E-state index is 0.670. The van der Waals surface area contributed by atoms with Crippen LogP contribution in [0.25, 0.3) is 22.2 Å². The highest BCUT2D eigenvalue weighted by Gasteiger charge is 2.17. The summed E-state index contributed by atoms with van der Waals surface area (Å²) < 4.78 is 5.47. The number of fused-ring (bicyclic) bond motifs is 1. The van der Waals surface area contributed by atoms with Gasteiger partial charge in [0, 0.05) is 24.3 Å². The van der Waals surface area contributed by atoms with Gasteiger partial charge in [0.25, 0.3) is 0 Å². The number of benzene rings is 1. The van der Waals surface area contributed by atoms with Crippen LogP contribution < -0.4 is 10.6 Å². The van der Waals surface area contributed by atoms with Crippen molar-refractivity contribution in [1.29, 1.82) is 0 Å². The standard InChI is InChI=1S/C17H19N5O/c1-11-14(8-13(18)9-19-11)12-6-15-17(21-10-20-15)16(7-12)22-2-4-23-5-3-22/h6-10H,2-5,18H2,1H3,(H,20,21). The molecule has 1 aliphatic heterocycles. The molecule has 0 saturated carbocycles. The lowest BCUT2D eigenvalue weighted by atomic mass is 10.0. The Labute approximate surface area is 134 Å². The van der Waals surface area contributed by atoms with E-state index in [1.54, 1.807) is 12.5 Å². The molecule has 0 bridgehead atoms. The number of nitrogens with one attached hydrogen (secondary N) is 1. The number of aromatic nitrogens is 3. The summed E-state index contributed by atoms with van der Waals surface area (Å²) in [4.78, 5) is 14.4. The highest BCUT2D eigenvalue weighted by atomic mass is 16.5. The summed E-state index contributed by atoms with van der Waals surface area (Å²) in [5.41, 5.74) is 12.9. The molecule has 0 amide bonds. The van der Waals surface area contributed by atoms with E-state index in [2.05, 4.69) is 32.0 Å². The van der Waals surface area contributed by atoms with E-state index < -0.39 is 0 Å². The smallest absolute Gasteiger partial charge is 0.112 e. The van der Waals surface area contributed by atoms with Crippen LogP contribution in [-0.4, -0.2) is 41.3 Å². The topological polar surface area (TPSA) is 80.1 Å². The SMILES string of the molecule is Cc1ncc(N)cc1-c1cc(N2CCOCC2)c2nc[nH]c2c1. The fourth-order valence-corrected chi connectivity index (χ4v) is 3.07. The number of rotatable bonds is 2. The van der Waals surface area contributed by atoms with Crippen molar-refractivity contribution in [3.63, 3.8) is 0 Å². The molecule has 23 heavy (non-hydrogen) atoms. The molecular weight excluding hydrogens is 290 g/mol. The minimum Gasteiger partial charge on any atom is -0.397 e. The highest BCUT2D eigenvalue weighted by molar-refractivity contribution is 5.94. The molecule has 118 valence electrons. The van der Waals surface area contributed by atoms with Crippen molar-refractivity contribution in [1.82, 2.24) is 15.0 Å². The lowest BCUT2D eigenvalue weighted by Gasteiger charge is -2.29. The number of anilines is 2. The summed E-state index contributed by atoms with van der Waals surface area (Å²) in [6.07, 6.45) is 3.43. The maximum atomic E-state index is 5.93. The number of H-pyrrole nitrogens is 1. The van der Waals surface area contributed by atoms with E-state index in [4.69, 9.17) is 10.5 Å². The molecule has 1 saturated heterocycles. The zero-order valence-electron chi connectivity index (χ0n) is 13.0. The van der Waals surface area contributed by atoms with Gasteiger partial charge < -0.3 is 20.4 Å². The molecule has 0 radical (unpaired) electrons. The predicted octanol–water partition coefficient (Wildman–Crippen LogP) is 2.35. The van der Waals surface area contributed by atoms with E-state index >= 15 is 0 Å². The van der Waals surface area contributed by atoms with E-state index in [1.165, 1.54) is 0 Å². The van der Waals surface area contributed by atoms with Gasteiger partial charge in [0.15, 0.2) is 0 Å². The monoisotopic (exact) mass is 309 g/mol. The second-order valence-corrected chi connectivity index (χ2v) is 5.80. The van der Waals surface area contributed by atoms with Crippen molar-refractivity contribution in [2.24, 2.45) is 0 Å². The predicted molar refractivity (Wildman–Crippen MR) is 91.5 cm³/mol. The number of nitrogens with zero attached hydrogens (tertiary/aromatic N) is 3. The molecule has 1 aliphatic rings. The first-order chi connectivity index (χ1) is 11.2. The van der Waals surface area contributed by atoms with Gasteiger partial charge >= 0.3 is 0 Å². The van der Waals surface area contributed by atoms with Crippen LogP contribution in [-0.2, 0) is 4.74 Å². The number of pyridine rings is 1. The average molecular weight is 309 g/mol. The molecule has 3 aromatic rings. The molecule has 0 unspecified atom stereocenters. The maximum Gasteiger partial charge on any atom is 0.112 e. The molecule has 3 N–H and O–H groups in total. The number of aromatic amines is 1. The Morgan fingerprint density at radius 1 is 1.17 bits per heavy atom. The summed E-state index contributed by atoms with van der Waals surface area (Å²) >= 11 is 0. The number of nitrogen functional groups attached to an aromatic ring is 1. The molecule has 6 heteroatoms. The number of nitrogens with two attached hydrogens (primary N) is 1. The molecule has 0 aliphatic carbocycles. The average Bonchev–Trinajstić information content (AvgIpc) is 3.05. The molecule has 2 aromatic heterocycles. The Balaban J connectivity index is 1.89. The number of hydrogen-bond acceptors (Lipinski definition) is 5. The van der Waals surface area contributed by atoms with Crippen LogP contribution in [0.5, 0.6) is 0 Å². The van der Waals surface area contributed by atoms with E-state index in [0.717, 1.165) is 59.8 Å². The van der Waals surface area contributed by atoms with E-state index in [9.17, 15) is 0 Å². The third-order valence-corrected chi connectivity index (χ3v) is 4.27. The fourth-order valence-electron chi connectivity index (χ4n) is 3.07. The van der Waals surface area contributed by atoms with E-state index in [1.807, 2.05) is 13.0 Å². The van der Waals surface area contributed by atoms with Crippen LogP contribution in [0.1, 0.15) is 5.69 Å². The number of morpholine rings is 1. The third-order valence-electron chi connectivity index (χ3n) is 4.27.